The summed E-state index contributed by atoms with van der Waals surface area (Å²) in [7, 11) is -3.40. The summed E-state index contributed by atoms with van der Waals surface area (Å²) in [6, 6.07) is 8.99. The minimum absolute atomic E-state index is 0.102. The molecule has 2 heterocycles. The van der Waals surface area contributed by atoms with E-state index < -0.39 is 10.0 Å². The second kappa shape index (κ2) is 8.50. The molecule has 7 heteroatoms. The lowest BCUT2D eigenvalue weighted by Gasteiger charge is -2.32. The van der Waals surface area contributed by atoms with E-state index in [-0.39, 0.29) is 11.8 Å². The van der Waals surface area contributed by atoms with E-state index in [1.54, 1.807) is 28.6 Å². The van der Waals surface area contributed by atoms with Crippen molar-refractivity contribution in [2.45, 2.75) is 43.5 Å². The zero-order valence-corrected chi connectivity index (χ0v) is 16.2. The van der Waals surface area contributed by atoms with Gasteiger partial charge in [-0.2, -0.15) is 4.31 Å². The molecule has 2 aliphatic heterocycles. The molecule has 2 atom stereocenters. The molecule has 3 rings (SSSR count). The Bertz CT molecular complexity index is 700. The van der Waals surface area contributed by atoms with Gasteiger partial charge in [0, 0.05) is 31.6 Å². The summed E-state index contributed by atoms with van der Waals surface area (Å²) < 4.78 is 26.9. The zero-order valence-electron chi connectivity index (χ0n) is 15.4. The lowest BCUT2D eigenvalue weighted by atomic mass is 9.92. The number of piperidine rings is 2. The van der Waals surface area contributed by atoms with Gasteiger partial charge >= 0.3 is 0 Å². The first kappa shape index (κ1) is 19.3. The second-order valence-corrected chi connectivity index (χ2v) is 9.42. The zero-order chi connectivity index (χ0) is 18.6. The molecule has 0 radical (unpaired) electrons. The second-order valence-electron chi connectivity index (χ2n) is 7.48. The third-order valence-corrected chi connectivity index (χ3v) is 7.43. The highest BCUT2D eigenvalue weighted by Crippen LogP contribution is 2.23. The van der Waals surface area contributed by atoms with Crippen LogP contribution in [-0.4, -0.2) is 50.9 Å². The van der Waals surface area contributed by atoms with E-state index in [4.69, 9.17) is 0 Å². The molecular formula is C19H29N3O3S. The van der Waals surface area contributed by atoms with Crippen molar-refractivity contribution >= 4 is 15.9 Å². The minimum atomic E-state index is -3.40. The Morgan fingerprint density at radius 2 is 1.88 bits per heavy atom. The number of carbonyl (C=O) groups is 1. The van der Waals surface area contributed by atoms with Crippen molar-refractivity contribution in [3.8, 4) is 0 Å². The summed E-state index contributed by atoms with van der Waals surface area (Å²) in [4.78, 5) is 12.7. The molecule has 2 aliphatic rings. The minimum Gasteiger partial charge on any atom is -0.356 e. The Morgan fingerprint density at radius 3 is 2.54 bits per heavy atom. The van der Waals surface area contributed by atoms with Gasteiger partial charge in [-0.1, -0.05) is 18.2 Å². The summed E-state index contributed by atoms with van der Waals surface area (Å²) in [6.07, 6.45) is 3.35. The van der Waals surface area contributed by atoms with Crippen molar-refractivity contribution in [3.05, 3.63) is 30.3 Å². The summed E-state index contributed by atoms with van der Waals surface area (Å²) >= 11 is 0. The number of carbonyl (C=O) groups excluding carboxylic acids is 1. The highest BCUT2D eigenvalue weighted by atomic mass is 32.2. The van der Waals surface area contributed by atoms with Gasteiger partial charge in [-0.05, 0) is 57.2 Å². The molecule has 1 amide bonds. The highest BCUT2D eigenvalue weighted by Gasteiger charge is 2.30. The van der Waals surface area contributed by atoms with Gasteiger partial charge in [-0.3, -0.25) is 4.79 Å². The Labute approximate surface area is 156 Å². The van der Waals surface area contributed by atoms with E-state index in [0.29, 0.717) is 36.5 Å². The molecule has 0 aromatic heterocycles. The van der Waals surface area contributed by atoms with Crippen LogP contribution in [0, 0.1) is 11.8 Å². The number of nitrogens with one attached hydrogen (secondary N) is 2. The van der Waals surface area contributed by atoms with Gasteiger partial charge in [0.1, 0.15) is 0 Å². The molecule has 2 N–H and O–H groups in total. The van der Waals surface area contributed by atoms with Crippen LogP contribution in [0.4, 0.5) is 0 Å². The van der Waals surface area contributed by atoms with Crippen molar-refractivity contribution in [2.24, 2.45) is 11.8 Å². The Morgan fingerprint density at radius 1 is 1.19 bits per heavy atom. The summed E-state index contributed by atoms with van der Waals surface area (Å²) in [5.74, 6) is 0.600. The van der Waals surface area contributed by atoms with E-state index >= 15 is 0 Å². The van der Waals surface area contributed by atoms with Crippen LogP contribution in [0.3, 0.4) is 0 Å². The fourth-order valence-electron chi connectivity index (χ4n) is 3.85. The molecule has 0 spiro atoms. The number of sulfonamides is 1. The molecule has 2 saturated heterocycles. The van der Waals surface area contributed by atoms with Gasteiger partial charge in [0.2, 0.25) is 15.9 Å². The first-order chi connectivity index (χ1) is 12.5. The molecule has 1 aromatic carbocycles. The van der Waals surface area contributed by atoms with Gasteiger partial charge < -0.3 is 10.6 Å². The molecule has 26 heavy (non-hydrogen) atoms. The fourth-order valence-corrected chi connectivity index (χ4v) is 5.35. The van der Waals surface area contributed by atoms with Crippen LogP contribution in [0.1, 0.15) is 32.6 Å². The molecule has 0 saturated carbocycles. The number of hydrogen-bond acceptors (Lipinski definition) is 4. The molecule has 0 unspecified atom stereocenters. The Hall–Kier alpha value is -1.44. The largest absolute Gasteiger partial charge is 0.356 e. The molecular weight excluding hydrogens is 350 g/mol. The van der Waals surface area contributed by atoms with Crippen LogP contribution < -0.4 is 10.6 Å². The SMILES string of the molecule is C[C@H]1C[C@@H](C(=O)NCC2CCN(S(=O)(=O)c3ccccc3)CC2)CCN1. The predicted molar refractivity (Wildman–Crippen MR) is 101 cm³/mol. The van der Waals surface area contributed by atoms with Gasteiger partial charge in [0.05, 0.1) is 4.90 Å². The van der Waals surface area contributed by atoms with E-state index in [9.17, 15) is 13.2 Å². The Kier molecular flexibility index (Phi) is 6.32. The highest BCUT2D eigenvalue weighted by molar-refractivity contribution is 7.89. The van der Waals surface area contributed by atoms with Crippen LogP contribution in [0.5, 0.6) is 0 Å². The van der Waals surface area contributed by atoms with E-state index in [1.165, 1.54) is 0 Å². The number of benzene rings is 1. The van der Waals surface area contributed by atoms with Gasteiger partial charge in [-0.25, -0.2) is 8.42 Å². The van der Waals surface area contributed by atoms with E-state index in [1.807, 2.05) is 6.07 Å². The quantitative estimate of drug-likeness (QED) is 0.814. The predicted octanol–water partition coefficient (Wildman–Crippen LogP) is 1.59. The van der Waals surface area contributed by atoms with Gasteiger partial charge in [-0.15, -0.1) is 0 Å². The lowest BCUT2D eigenvalue weighted by molar-refractivity contribution is -0.126. The van der Waals surface area contributed by atoms with Crippen molar-refractivity contribution in [2.75, 3.05) is 26.2 Å². The molecule has 6 nitrogen and oxygen atoms in total. The molecule has 144 valence electrons. The third kappa shape index (κ3) is 4.64. The summed E-state index contributed by atoms with van der Waals surface area (Å²) in [6.45, 7) is 4.69. The van der Waals surface area contributed by atoms with Crippen molar-refractivity contribution in [3.63, 3.8) is 0 Å². The van der Waals surface area contributed by atoms with Crippen molar-refractivity contribution in [1.82, 2.24) is 14.9 Å². The number of nitrogens with zero attached hydrogens (tertiary/aromatic N) is 1. The van der Waals surface area contributed by atoms with Gasteiger partial charge in [0.25, 0.3) is 0 Å². The van der Waals surface area contributed by atoms with E-state index in [0.717, 1.165) is 32.2 Å². The molecule has 2 fully saturated rings. The van der Waals surface area contributed by atoms with Crippen molar-refractivity contribution < 1.29 is 13.2 Å². The maximum absolute atomic E-state index is 12.6. The first-order valence-corrected chi connectivity index (χ1v) is 11.0. The molecule has 0 bridgehead atoms. The third-order valence-electron chi connectivity index (χ3n) is 5.51. The molecule has 0 aliphatic carbocycles. The number of amides is 1. The van der Waals surface area contributed by atoms with Crippen LogP contribution in [0.15, 0.2) is 35.2 Å². The maximum atomic E-state index is 12.6. The average molecular weight is 380 g/mol. The average Bonchev–Trinajstić information content (AvgIpc) is 2.67. The normalized spacial score (nSPS) is 25.7. The fraction of sp³-hybridized carbons (Fsp3) is 0.632. The summed E-state index contributed by atoms with van der Waals surface area (Å²) in [5, 5.41) is 6.46. The van der Waals surface area contributed by atoms with Crippen LogP contribution in [-0.2, 0) is 14.8 Å². The Balaban J connectivity index is 1.46. The molecule has 1 aromatic rings. The van der Waals surface area contributed by atoms with Crippen LogP contribution in [0.25, 0.3) is 0 Å². The monoisotopic (exact) mass is 379 g/mol. The van der Waals surface area contributed by atoms with Gasteiger partial charge in [0.15, 0.2) is 0 Å². The van der Waals surface area contributed by atoms with Crippen LogP contribution in [0.2, 0.25) is 0 Å². The van der Waals surface area contributed by atoms with Crippen LogP contribution >= 0.6 is 0 Å². The number of rotatable bonds is 5. The van der Waals surface area contributed by atoms with Crippen molar-refractivity contribution in [1.29, 1.82) is 0 Å². The summed E-state index contributed by atoms with van der Waals surface area (Å²) in [5.41, 5.74) is 0. The first-order valence-electron chi connectivity index (χ1n) is 9.53. The maximum Gasteiger partial charge on any atom is 0.243 e. The standard InChI is InChI=1S/C19H29N3O3S/c1-15-13-17(7-10-20-15)19(23)21-14-16-8-11-22(12-9-16)26(24,25)18-5-3-2-4-6-18/h2-6,15-17,20H,7-14H2,1H3,(H,21,23)/t15-,17-/m0/s1. The lowest BCUT2D eigenvalue weighted by Crippen LogP contribution is -2.45. The smallest absolute Gasteiger partial charge is 0.243 e. The topological polar surface area (TPSA) is 78.5 Å². The van der Waals surface area contributed by atoms with E-state index in [2.05, 4.69) is 17.6 Å². The number of hydrogen-bond donors (Lipinski definition) is 2.